The Kier molecular flexibility index (Phi) is 9.45. The Bertz CT molecular complexity index is 748. The van der Waals surface area contributed by atoms with Crippen LogP contribution in [0, 0.1) is 23.2 Å². The first-order valence-corrected chi connectivity index (χ1v) is 17.9. The molecule has 208 valence electrons. The van der Waals surface area contributed by atoms with Crippen LogP contribution >= 0.6 is 0 Å². The Hall–Kier alpha value is -0.0982. The number of rotatable bonds is 11. The average Bonchev–Trinajstić information content (AvgIpc) is 3.24. The molecule has 2 aliphatic carbocycles. The SMILES string of the molecule is CC[Si](CC)(CC)OC(C)(C)CCC[C@@H](C)[C@H]1CC[C@H]2/C(=C/B3OC(C)(C)C(C)(C)O3)CCC[C@]12C. The fraction of sp³-hybridized carbons (Fsp3) is 0.935. The van der Waals surface area contributed by atoms with E-state index in [-0.39, 0.29) is 23.9 Å². The summed E-state index contributed by atoms with van der Waals surface area (Å²) >= 11 is 0. The molecule has 1 saturated heterocycles. The van der Waals surface area contributed by atoms with Gasteiger partial charge in [0, 0.05) is 0 Å². The Labute approximate surface area is 226 Å². The van der Waals surface area contributed by atoms with Gasteiger partial charge in [-0.05, 0) is 121 Å². The molecule has 1 heterocycles. The summed E-state index contributed by atoms with van der Waals surface area (Å²) in [6.07, 6.45) is 10.4. The van der Waals surface area contributed by atoms with Crippen molar-refractivity contribution in [1.29, 1.82) is 0 Å². The van der Waals surface area contributed by atoms with Crippen molar-refractivity contribution >= 4 is 15.4 Å². The van der Waals surface area contributed by atoms with E-state index in [4.69, 9.17) is 13.7 Å². The van der Waals surface area contributed by atoms with Gasteiger partial charge in [0.1, 0.15) is 0 Å². The van der Waals surface area contributed by atoms with E-state index in [1.54, 1.807) is 5.57 Å². The van der Waals surface area contributed by atoms with Gasteiger partial charge in [0.2, 0.25) is 0 Å². The number of hydrogen-bond acceptors (Lipinski definition) is 3. The summed E-state index contributed by atoms with van der Waals surface area (Å²) in [5, 5.41) is 0. The molecule has 3 fully saturated rings. The van der Waals surface area contributed by atoms with Gasteiger partial charge in [-0.15, -0.1) is 0 Å². The quantitative estimate of drug-likeness (QED) is 0.255. The molecule has 0 aromatic heterocycles. The molecule has 4 atom stereocenters. The first-order valence-electron chi connectivity index (χ1n) is 15.4. The summed E-state index contributed by atoms with van der Waals surface area (Å²) in [7, 11) is -1.76. The zero-order valence-corrected chi connectivity index (χ0v) is 26.9. The third kappa shape index (κ3) is 6.21. The molecule has 0 spiro atoms. The minimum atomic E-state index is -1.56. The fourth-order valence-electron chi connectivity index (χ4n) is 8.00. The van der Waals surface area contributed by atoms with Crippen LogP contribution in [0.15, 0.2) is 11.5 Å². The second kappa shape index (κ2) is 11.2. The second-order valence-electron chi connectivity index (χ2n) is 14.4. The normalized spacial score (nSPS) is 32.2. The Morgan fingerprint density at radius 2 is 1.61 bits per heavy atom. The predicted molar refractivity (Wildman–Crippen MR) is 158 cm³/mol. The Morgan fingerprint density at radius 3 is 2.17 bits per heavy atom. The van der Waals surface area contributed by atoms with Crippen molar-refractivity contribution in [3.8, 4) is 0 Å². The van der Waals surface area contributed by atoms with Crippen LogP contribution < -0.4 is 0 Å². The van der Waals surface area contributed by atoms with Gasteiger partial charge in [0.15, 0.2) is 8.32 Å². The van der Waals surface area contributed by atoms with Gasteiger partial charge in [-0.1, -0.05) is 59.0 Å². The smallest absolute Gasteiger partial charge is 0.412 e. The van der Waals surface area contributed by atoms with Crippen LogP contribution in [0.25, 0.3) is 0 Å². The standard InChI is InChI=1S/C31H59BO3Si/c1-12-36(13-2,14-3)35-28(5,6)21-15-17-24(4)26-19-20-27-25(18-16-22-31(26,27)11)23-32-33-29(7,8)30(9,10)34-32/h23-24,26-27H,12-22H2,1-11H3/b25-23+/t24-,26-,27+,31-/m1/s1. The zero-order chi connectivity index (χ0) is 27.0. The van der Waals surface area contributed by atoms with Gasteiger partial charge < -0.3 is 13.7 Å². The lowest BCUT2D eigenvalue weighted by molar-refractivity contribution is 0.00578. The first-order chi connectivity index (χ1) is 16.6. The average molecular weight is 519 g/mol. The van der Waals surface area contributed by atoms with Crippen LogP contribution in [0.1, 0.15) is 128 Å². The largest absolute Gasteiger partial charge is 0.487 e. The zero-order valence-electron chi connectivity index (χ0n) is 25.9. The van der Waals surface area contributed by atoms with Crippen molar-refractivity contribution in [3.63, 3.8) is 0 Å². The molecule has 2 saturated carbocycles. The number of allylic oxidation sites excluding steroid dienone is 1. The number of hydrogen-bond donors (Lipinski definition) is 0. The molecule has 0 unspecified atom stereocenters. The first kappa shape index (κ1) is 30.4. The summed E-state index contributed by atoms with van der Waals surface area (Å²) < 4.78 is 19.6. The van der Waals surface area contributed by atoms with E-state index in [1.165, 1.54) is 69.5 Å². The monoisotopic (exact) mass is 518 g/mol. The summed E-state index contributed by atoms with van der Waals surface area (Å²) in [5.74, 6) is 4.67. The molecule has 0 amide bonds. The molecule has 1 aliphatic heterocycles. The van der Waals surface area contributed by atoms with Crippen LogP contribution in [0.2, 0.25) is 18.1 Å². The minimum absolute atomic E-state index is 0.0136. The topological polar surface area (TPSA) is 27.7 Å². The highest BCUT2D eigenvalue weighted by Crippen LogP contribution is 2.60. The highest BCUT2D eigenvalue weighted by molar-refractivity contribution is 6.73. The summed E-state index contributed by atoms with van der Waals surface area (Å²) in [6, 6.07) is 3.72. The van der Waals surface area contributed by atoms with E-state index < -0.39 is 8.32 Å². The van der Waals surface area contributed by atoms with E-state index in [1.807, 2.05) is 0 Å². The van der Waals surface area contributed by atoms with Crippen LogP contribution in [-0.4, -0.2) is 32.2 Å². The third-order valence-corrected chi connectivity index (χ3v) is 16.1. The van der Waals surface area contributed by atoms with Crippen LogP contribution in [0.5, 0.6) is 0 Å². The molecule has 0 bridgehead atoms. The van der Waals surface area contributed by atoms with Crippen LogP contribution in [0.3, 0.4) is 0 Å². The molecule has 0 aromatic carbocycles. The van der Waals surface area contributed by atoms with Crippen molar-refractivity contribution in [3.05, 3.63) is 11.5 Å². The Balaban J connectivity index is 1.61. The van der Waals surface area contributed by atoms with E-state index in [9.17, 15) is 0 Å². The second-order valence-corrected chi connectivity index (χ2v) is 19.1. The minimum Gasteiger partial charge on any atom is -0.412 e. The molecule has 3 aliphatic rings. The van der Waals surface area contributed by atoms with Crippen molar-refractivity contribution < 1.29 is 13.7 Å². The van der Waals surface area contributed by atoms with Gasteiger partial charge in [-0.25, -0.2) is 0 Å². The maximum Gasteiger partial charge on any atom is 0.487 e. The molecule has 36 heavy (non-hydrogen) atoms. The van der Waals surface area contributed by atoms with E-state index in [0.717, 1.165) is 11.8 Å². The van der Waals surface area contributed by atoms with Gasteiger partial charge in [-0.3, -0.25) is 0 Å². The molecular formula is C31H59BO3Si. The van der Waals surface area contributed by atoms with Crippen molar-refractivity contribution in [2.45, 2.75) is 162 Å². The van der Waals surface area contributed by atoms with E-state index in [0.29, 0.717) is 11.3 Å². The molecule has 3 rings (SSSR count). The molecule has 3 nitrogen and oxygen atoms in total. The summed E-state index contributed by atoms with van der Waals surface area (Å²) in [5.41, 5.74) is 1.54. The molecule has 0 N–H and O–H groups in total. The number of fused-ring (bicyclic) bond motifs is 1. The lowest BCUT2D eigenvalue weighted by Crippen LogP contribution is -2.44. The van der Waals surface area contributed by atoms with Gasteiger partial charge in [0.25, 0.3) is 0 Å². The maximum absolute atomic E-state index is 6.90. The van der Waals surface area contributed by atoms with Crippen molar-refractivity contribution in [2.75, 3.05) is 0 Å². The van der Waals surface area contributed by atoms with Gasteiger partial charge in [0.05, 0.1) is 16.8 Å². The van der Waals surface area contributed by atoms with Crippen molar-refractivity contribution in [1.82, 2.24) is 0 Å². The molecule has 5 heteroatoms. The van der Waals surface area contributed by atoms with Gasteiger partial charge in [-0.2, -0.15) is 0 Å². The van der Waals surface area contributed by atoms with Crippen LogP contribution in [0.4, 0.5) is 0 Å². The highest BCUT2D eigenvalue weighted by Gasteiger charge is 2.53. The van der Waals surface area contributed by atoms with E-state index >= 15 is 0 Å². The molecule has 0 aromatic rings. The van der Waals surface area contributed by atoms with Crippen LogP contribution in [-0.2, 0) is 13.7 Å². The summed E-state index contributed by atoms with van der Waals surface area (Å²) in [6.45, 7) is 25.5. The van der Waals surface area contributed by atoms with E-state index in [2.05, 4.69) is 82.1 Å². The van der Waals surface area contributed by atoms with Crippen molar-refractivity contribution in [2.24, 2.45) is 23.2 Å². The predicted octanol–water partition coefficient (Wildman–Crippen LogP) is 9.37. The fourth-order valence-corrected chi connectivity index (χ4v) is 11.2. The summed E-state index contributed by atoms with van der Waals surface area (Å²) in [4.78, 5) is 0. The Morgan fingerprint density at radius 1 is 1.03 bits per heavy atom. The third-order valence-electron chi connectivity index (χ3n) is 11.2. The maximum atomic E-state index is 6.90. The lowest BCUT2D eigenvalue weighted by Gasteiger charge is -2.45. The lowest BCUT2D eigenvalue weighted by atomic mass is 9.59. The highest BCUT2D eigenvalue weighted by atomic mass is 28.4. The van der Waals surface area contributed by atoms with Gasteiger partial charge >= 0.3 is 7.12 Å². The molecule has 0 radical (unpaired) electrons. The molecular weight excluding hydrogens is 459 g/mol.